The highest BCUT2D eigenvalue weighted by Crippen LogP contribution is 2.58. The third kappa shape index (κ3) is 5.58. The summed E-state index contributed by atoms with van der Waals surface area (Å²) >= 11 is 0. The largest absolute Gasteiger partial charge is 0.383 e. The lowest BCUT2D eigenvalue weighted by atomic mass is 9.49. The van der Waals surface area contributed by atoms with E-state index in [0.717, 1.165) is 27.8 Å². The standard InChI is InChI=1S/C56H37BN4/c1-5-18-38(19-6-1)40-22-17-23-41(34-40)54-58-53(39-20-7-2-8-21-39)59-55(60-54)42-32-33-61-52-36-47-45-28-13-15-30-49(45)56(43-24-9-3-10-25-43,44-26-11-4-12-27-44)50(47)35-48(52)46-29-14-16-31-51(46)57(61)37-42/h1-37H. The molecule has 0 atom stereocenters. The van der Waals surface area contributed by atoms with Gasteiger partial charge in [0.2, 0.25) is 0 Å². The van der Waals surface area contributed by atoms with Crippen molar-refractivity contribution in [3.8, 4) is 56.2 Å². The van der Waals surface area contributed by atoms with Gasteiger partial charge < -0.3 is 4.81 Å². The predicted molar refractivity (Wildman–Crippen MR) is 250 cm³/mol. The number of benzene rings is 8. The van der Waals surface area contributed by atoms with E-state index >= 15 is 0 Å². The number of anilines is 1. The molecule has 0 saturated heterocycles. The summed E-state index contributed by atoms with van der Waals surface area (Å²) in [6.07, 6.45) is 4.40. The summed E-state index contributed by atoms with van der Waals surface area (Å²) < 4.78 is 0. The van der Waals surface area contributed by atoms with Gasteiger partial charge in [0.15, 0.2) is 17.5 Å². The van der Waals surface area contributed by atoms with Crippen LogP contribution >= 0.6 is 0 Å². The molecule has 0 saturated carbocycles. The SMILES string of the molecule is C1=CN2B(C=C1c1nc(-c3ccccc3)nc(-c3cccc(-c4ccccc4)c3)n1)c1ccccc1-c1cc3c(cc12)-c1ccccc1C3(c1ccccc1)c1ccccc1. The van der Waals surface area contributed by atoms with Crippen LogP contribution in [0.4, 0.5) is 5.69 Å². The number of nitrogens with zero attached hydrogens (tertiary/aromatic N) is 4. The van der Waals surface area contributed by atoms with Crippen molar-refractivity contribution in [2.45, 2.75) is 5.41 Å². The van der Waals surface area contributed by atoms with Gasteiger partial charge in [-0.25, -0.2) is 15.0 Å². The Morgan fingerprint density at radius 3 is 1.67 bits per heavy atom. The molecule has 1 aliphatic carbocycles. The molecule has 0 amide bonds. The Morgan fingerprint density at radius 1 is 0.393 bits per heavy atom. The van der Waals surface area contributed by atoms with Gasteiger partial charge in [-0.15, -0.1) is 0 Å². The van der Waals surface area contributed by atoms with Crippen LogP contribution in [0.25, 0.3) is 61.7 Å². The molecule has 9 aromatic rings. The van der Waals surface area contributed by atoms with Gasteiger partial charge in [-0.2, -0.15) is 0 Å². The zero-order valence-electron chi connectivity index (χ0n) is 33.2. The topological polar surface area (TPSA) is 41.9 Å². The predicted octanol–water partition coefficient (Wildman–Crippen LogP) is 12.1. The molecule has 8 aromatic carbocycles. The van der Waals surface area contributed by atoms with Crippen LogP contribution in [-0.4, -0.2) is 21.8 Å². The van der Waals surface area contributed by atoms with Crippen molar-refractivity contribution in [1.29, 1.82) is 0 Å². The van der Waals surface area contributed by atoms with Crippen LogP contribution in [-0.2, 0) is 5.41 Å². The van der Waals surface area contributed by atoms with Crippen molar-refractivity contribution in [3.05, 3.63) is 253 Å². The van der Waals surface area contributed by atoms with E-state index in [4.69, 9.17) is 15.0 Å². The van der Waals surface area contributed by atoms with Gasteiger partial charge in [-0.05, 0) is 86.0 Å². The second-order valence-electron chi connectivity index (χ2n) is 15.9. The number of hydrogen-bond acceptors (Lipinski definition) is 4. The number of hydrogen-bond donors (Lipinski definition) is 0. The number of fused-ring (bicyclic) bond motifs is 9. The molecular formula is C56H37BN4. The Balaban J connectivity index is 1.02. The number of aromatic nitrogens is 3. The molecular weight excluding hydrogens is 739 g/mol. The van der Waals surface area contributed by atoms with Crippen LogP contribution in [0.5, 0.6) is 0 Å². The highest BCUT2D eigenvalue weighted by molar-refractivity contribution is 6.84. The minimum atomic E-state index is -0.479. The fraction of sp³-hybridized carbons (Fsp3) is 0.0179. The number of allylic oxidation sites excluding steroid dienone is 2. The maximum atomic E-state index is 5.21. The maximum Gasteiger partial charge on any atom is 0.321 e. The van der Waals surface area contributed by atoms with Crippen LogP contribution < -0.4 is 10.3 Å². The zero-order chi connectivity index (χ0) is 40.3. The molecule has 5 heteroatoms. The maximum absolute atomic E-state index is 5.21. The molecule has 1 aromatic heterocycles. The molecule has 0 unspecified atom stereocenters. The van der Waals surface area contributed by atoms with Crippen LogP contribution in [0.15, 0.2) is 225 Å². The summed E-state index contributed by atoms with van der Waals surface area (Å²) in [5, 5.41) is 0. The molecule has 3 heterocycles. The number of rotatable bonds is 6. The van der Waals surface area contributed by atoms with Gasteiger partial charge in [-0.1, -0.05) is 194 Å². The van der Waals surface area contributed by atoms with Crippen LogP contribution in [0.1, 0.15) is 28.1 Å². The van der Waals surface area contributed by atoms with E-state index in [1.54, 1.807) is 0 Å². The Morgan fingerprint density at radius 2 is 0.951 bits per heavy atom. The third-order valence-corrected chi connectivity index (χ3v) is 12.6. The fourth-order valence-electron chi connectivity index (χ4n) is 9.90. The molecule has 3 aliphatic rings. The van der Waals surface area contributed by atoms with Gasteiger partial charge in [0, 0.05) is 28.0 Å². The lowest BCUT2D eigenvalue weighted by Gasteiger charge is -2.39. The summed E-state index contributed by atoms with van der Waals surface area (Å²) in [5.74, 6) is 4.26. The van der Waals surface area contributed by atoms with Gasteiger partial charge in [-0.3, -0.25) is 0 Å². The summed E-state index contributed by atoms with van der Waals surface area (Å²) in [4.78, 5) is 17.9. The first-order chi connectivity index (χ1) is 30.2. The minimum absolute atomic E-state index is 0.0757. The average molecular weight is 777 g/mol. The molecule has 0 spiro atoms. The Kier molecular flexibility index (Phi) is 8.14. The first kappa shape index (κ1) is 35.1. The third-order valence-electron chi connectivity index (χ3n) is 12.6. The van der Waals surface area contributed by atoms with Crippen molar-refractivity contribution in [3.63, 3.8) is 0 Å². The molecule has 2 aliphatic heterocycles. The molecule has 0 N–H and O–H groups in total. The van der Waals surface area contributed by atoms with Gasteiger partial charge in [0.05, 0.1) is 5.41 Å². The normalized spacial score (nSPS) is 14.0. The van der Waals surface area contributed by atoms with Crippen LogP contribution in [0.3, 0.4) is 0 Å². The second-order valence-corrected chi connectivity index (χ2v) is 15.9. The van der Waals surface area contributed by atoms with Gasteiger partial charge in [0.1, 0.15) is 0 Å². The minimum Gasteiger partial charge on any atom is -0.383 e. The van der Waals surface area contributed by atoms with Gasteiger partial charge in [0.25, 0.3) is 0 Å². The van der Waals surface area contributed by atoms with E-state index < -0.39 is 5.41 Å². The van der Waals surface area contributed by atoms with E-state index in [-0.39, 0.29) is 6.85 Å². The van der Waals surface area contributed by atoms with E-state index in [0.29, 0.717) is 17.5 Å². The van der Waals surface area contributed by atoms with Crippen molar-refractivity contribution >= 4 is 23.6 Å². The average Bonchev–Trinajstić information content (AvgIpc) is 3.64. The Bertz CT molecular complexity index is 3160. The Labute approximate surface area is 356 Å². The van der Waals surface area contributed by atoms with E-state index in [9.17, 15) is 0 Å². The monoisotopic (exact) mass is 776 g/mol. The van der Waals surface area contributed by atoms with E-state index in [2.05, 4.69) is 205 Å². The summed E-state index contributed by atoms with van der Waals surface area (Å²) in [6, 6.07) is 74.0. The Hall–Kier alpha value is -7.89. The molecule has 61 heavy (non-hydrogen) atoms. The molecule has 0 radical (unpaired) electrons. The first-order valence-corrected chi connectivity index (χ1v) is 20.9. The molecule has 12 rings (SSSR count). The highest BCUT2D eigenvalue weighted by Gasteiger charge is 2.47. The van der Waals surface area contributed by atoms with Crippen LogP contribution in [0.2, 0.25) is 0 Å². The summed E-state index contributed by atoms with van der Waals surface area (Å²) in [5.41, 5.74) is 17.2. The van der Waals surface area contributed by atoms with Crippen LogP contribution in [0, 0.1) is 0 Å². The van der Waals surface area contributed by atoms with Crippen molar-refractivity contribution in [2.24, 2.45) is 0 Å². The molecule has 4 nitrogen and oxygen atoms in total. The lowest BCUT2D eigenvalue weighted by molar-refractivity contribution is 0.769. The summed E-state index contributed by atoms with van der Waals surface area (Å²) in [7, 11) is 0. The van der Waals surface area contributed by atoms with E-state index in [1.807, 2.05) is 24.3 Å². The van der Waals surface area contributed by atoms with Crippen molar-refractivity contribution < 1.29 is 0 Å². The zero-order valence-corrected chi connectivity index (χ0v) is 33.2. The second kappa shape index (κ2) is 14.1. The fourth-order valence-corrected chi connectivity index (χ4v) is 9.90. The van der Waals surface area contributed by atoms with E-state index in [1.165, 1.54) is 55.7 Å². The van der Waals surface area contributed by atoms with Crippen molar-refractivity contribution in [2.75, 3.05) is 4.81 Å². The van der Waals surface area contributed by atoms with Gasteiger partial charge >= 0.3 is 6.85 Å². The highest BCUT2D eigenvalue weighted by atomic mass is 15.1. The quantitative estimate of drug-likeness (QED) is 0.158. The first-order valence-electron chi connectivity index (χ1n) is 20.9. The smallest absolute Gasteiger partial charge is 0.321 e. The molecule has 0 fully saturated rings. The summed E-state index contributed by atoms with van der Waals surface area (Å²) in [6.45, 7) is -0.0757. The lowest BCUT2D eigenvalue weighted by Crippen LogP contribution is -2.49. The van der Waals surface area contributed by atoms with Crippen molar-refractivity contribution in [1.82, 2.24) is 15.0 Å². The molecule has 284 valence electrons. The molecule has 0 bridgehead atoms.